The van der Waals surface area contributed by atoms with Crippen molar-refractivity contribution in [3.8, 4) is 11.5 Å². The van der Waals surface area contributed by atoms with E-state index in [4.69, 9.17) is 60.6 Å². The summed E-state index contributed by atoms with van der Waals surface area (Å²) in [6, 6.07) is 3.27. The van der Waals surface area contributed by atoms with E-state index in [9.17, 15) is 4.91 Å². The minimum absolute atomic E-state index is 0.133. The van der Waals surface area contributed by atoms with Crippen LogP contribution in [-0.2, 0) is 4.74 Å². The Labute approximate surface area is 179 Å². The first-order valence-electron chi connectivity index (χ1n) is 8.67. The van der Waals surface area contributed by atoms with Crippen LogP contribution in [-0.4, -0.2) is 33.0 Å². The summed E-state index contributed by atoms with van der Waals surface area (Å²) in [6.45, 7) is 2.33. The number of hydrogen-bond acceptors (Lipinski definition) is 5. The Morgan fingerprint density at radius 3 is 2.19 bits per heavy atom. The molecular weight excluding hydrogens is 436 g/mol. The molecule has 27 heavy (non-hydrogen) atoms. The van der Waals surface area contributed by atoms with Gasteiger partial charge in [0, 0.05) is 25.3 Å². The fourth-order valence-electron chi connectivity index (χ4n) is 2.13. The Bertz CT molecular complexity index is 572. The third kappa shape index (κ3) is 11.7. The van der Waals surface area contributed by atoms with E-state index in [0.29, 0.717) is 54.3 Å². The van der Waals surface area contributed by atoms with Gasteiger partial charge in [0.25, 0.3) is 0 Å². The molecule has 0 atom stereocenters. The lowest BCUT2D eigenvalue weighted by atomic mass is 10.2. The molecule has 0 amide bonds. The third-order valence-electron chi connectivity index (χ3n) is 3.43. The van der Waals surface area contributed by atoms with Gasteiger partial charge in [0.1, 0.15) is 16.8 Å². The van der Waals surface area contributed by atoms with Crippen molar-refractivity contribution < 1.29 is 14.2 Å². The number of nitrogens with zero attached hydrogens (tertiary/aromatic N) is 1. The summed E-state index contributed by atoms with van der Waals surface area (Å²) in [5.74, 6) is 0.954. The van der Waals surface area contributed by atoms with Crippen LogP contribution in [0.4, 0.5) is 0 Å². The first-order chi connectivity index (χ1) is 13.0. The highest BCUT2D eigenvalue weighted by Gasteiger charge is 2.10. The van der Waals surface area contributed by atoms with E-state index in [1.165, 1.54) is 6.08 Å². The maximum absolute atomic E-state index is 9.91. The zero-order valence-corrected chi connectivity index (χ0v) is 17.9. The molecule has 0 fully saturated rings. The fraction of sp³-hybridized carbons (Fsp3) is 0.556. The molecule has 0 aliphatic carbocycles. The van der Waals surface area contributed by atoms with Gasteiger partial charge in [-0.3, -0.25) is 0 Å². The molecule has 0 aliphatic heterocycles. The first-order valence-corrected chi connectivity index (χ1v) is 10.2. The second kappa shape index (κ2) is 15.2. The summed E-state index contributed by atoms with van der Waals surface area (Å²) < 4.78 is 16.7. The molecule has 0 saturated carbocycles. The van der Waals surface area contributed by atoms with Crippen LogP contribution in [0.2, 0.25) is 10.0 Å². The van der Waals surface area contributed by atoms with E-state index in [1.807, 2.05) is 0 Å². The molecule has 0 heterocycles. The fourth-order valence-corrected chi connectivity index (χ4v) is 2.83. The highest BCUT2D eigenvalue weighted by atomic mass is 35.5. The van der Waals surface area contributed by atoms with Crippen LogP contribution in [0.5, 0.6) is 11.5 Å². The summed E-state index contributed by atoms with van der Waals surface area (Å²) in [4.78, 5) is 9.91. The molecule has 5 nitrogen and oxygen atoms in total. The zero-order chi connectivity index (χ0) is 19.9. The molecule has 0 unspecified atom stereocenters. The quantitative estimate of drug-likeness (QED) is 0.214. The predicted molar refractivity (Wildman–Crippen MR) is 112 cm³/mol. The highest BCUT2D eigenvalue weighted by molar-refractivity contribution is 6.55. The lowest BCUT2D eigenvalue weighted by Crippen LogP contribution is -2.01. The number of ether oxygens (including phenoxy) is 3. The van der Waals surface area contributed by atoms with Crippen LogP contribution in [0.3, 0.4) is 0 Å². The SMILES string of the molecule is O=NCCCOCCCCCCOc1c(Cl)cc(OCC=C(Cl)Cl)cc1Cl. The molecule has 1 aromatic carbocycles. The van der Waals surface area contributed by atoms with Gasteiger partial charge < -0.3 is 14.2 Å². The summed E-state index contributed by atoms with van der Waals surface area (Å²) in [5.41, 5.74) is 0. The van der Waals surface area contributed by atoms with Crippen LogP contribution in [0.1, 0.15) is 32.1 Å². The number of halogens is 4. The summed E-state index contributed by atoms with van der Waals surface area (Å²) in [7, 11) is 0. The van der Waals surface area contributed by atoms with Crippen molar-refractivity contribution in [3.05, 3.63) is 37.7 Å². The van der Waals surface area contributed by atoms with E-state index in [2.05, 4.69) is 5.18 Å². The molecule has 1 rings (SSSR count). The minimum Gasteiger partial charge on any atom is -0.490 e. The van der Waals surface area contributed by atoms with Crippen LogP contribution in [0.25, 0.3) is 0 Å². The molecule has 0 radical (unpaired) electrons. The highest BCUT2D eigenvalue weighted by Crippen LogP contribution is 2.37. The molecule has 0 N–H and O–H groups in total. The number of rotatable bonds is 15. The lowest BCUT2D eigenvalue weighted by molar-refractivity contribution is 0.128. The molecule has 0 saturated heterocycles. The molecule has 1 aromatic rings. The van der Waals surface area contributed by atoms with Gasteiger partial charge in [0.05, 0.1) is 23.2 Å². The van der Waals surface area contributed by atoms with Gasteiger partial charge >= 0.3 is 0 Å². The smallest absolute Gasteiger partial charge is 0.156 e. The molecule has 0 spiro atoms. The van der Waals surface area contributed by atoms with Gasteiger partial charge in [-0.1, -0.05) is 58.0 Å². The van der Waals surface area contributed by atoms with Crippen molar-refractivity contribution in [2.45, 2.75) is 32.1 Å². The van der Waals surface area contributed by atoms with Crippen molar-refractivity contribution in [3.63, 3.8) is 0 Å². The number of unbranched alkanes of at least 4 members (excludes halogenated alkanes) is 3. The largest absolute Gasteiger partial charge is 0.490 e. The first kappa shape index (κ1) is 24.3. The average molecular weight is 459 g/mol. The van der Waals surface area contributed by atoms with Crippen LogP contribution in [0.15, 0.2) is 27.9 Å². The number of benzene rings is 1. The lowest BCUT2D eigenvalue weighted by Gasteiger charge is -2.12. The zero-order valence-electron chi connectivity index (χ0n) is 14.9. The van der Waals surface area contributed by atoms with Crippen LogP contribution < -0.4 is 9.47 Å². The maximum Gasteiger partial charge on any atom is 0.156 e. The van der Waals surface area contributed by atoms with E-state index in [-0.39, 0.29) is 11.1 Å². The topological polar surface area (TPSA) is 57.1 Å². The Hall–Kier alpha value is -0.720. The standard InChI is InChI=1S/C18H23Cl4NO4/c19-15-12-14(26-11-6-17(21)22)13-16(20)18(15)27-10-4-2-1-3-8-25-9-5-7-23-24/h6,12-13H,1-5,7-11H2. The second-order valence-corrected chi connectivity index (χ2v) is 7.42. The van der Waals surface area contributed by atoms with Gasteiger partial charge in [-0.2, -0.15) is 4.91 Å². The summed E-state index contributed by atoms with van der Waals surface area (Å²) in [6.07, 6.45) is 6.12. The molecule has 152 valence electrons. The van der Waals surface area contributed by atoms with E-state index in [0.717, 1.165) is 25.7 Å². The Morgan fingerprint density at radius 1 is 0.926 bits per heavy atom. The van der Waals surface area contributed by atoms with E-state index < -0.39 is 0 Å². The van der Waals surface area contributed by atoms with Gasteiger partial charge in [-0.15, -0.1) is 0 Å². The second-order valence-electron chi connectivity index (χ2n) is 5.60. The van der Waals surface area contributed by atoms with Crippen molar-refractivity contribution in [2.24, 2.45) is 5.18 Å². The molecule has 0 aromatic heterocycles. The predicted octanol–water partition coefficient (Wildman–Crippen LogP) is 6.80. The van der Waals surface area contributed by atoms with Gasteiger partial charge in [-0.05, 0) is 31.8 Å². The van der Waals surface area contributed by atoms with Crippen molar-refractivity contribution >= 4 is 46.4 Å². The van der Waals surface area contributed by atoms with Crippen LogP contribution in [0, 0.1) is 4.91 Å². The van der Waals surface area contributed by atoms with Crippen LogP contribution >= 0.6 is 46.4 Å². The summed E-state index contributed by atoms with van der Waals surface area (Å²) in [5, 5.41) is 3.55. The minimum atomic E-state index is 0.133. The van der Waals surface area contributed by atoms with Crippen molar-refractivity contribution in [1.82, 2.24) is 0 Å². The van der Waals surface area contributed by atoms with Gasteiger partial charge in [-0.25, -0.2) is 0 Å². The molecule has 9 heteroatoms. The van der Waals surface area contributed by atoms with Gasteiger partial charge in [0.2, 0.25) is 0 Å². The molecular formula is C18H23Cl4NO4. The van der Waals surface area contributed by atoms with Crippen molar-refractivity contribution in [2.75, 3.05) is 33.0 Å². The van der Waals surface area contributed by atoms with E-state index in [1.54, 1.807) is 12.1 Å². The van der Waals surface area contributed by atoms with Crippen molar-refractivity contribution in [1.29, 1.82) is 0 Å². The normalized spacial score (nSPS) is 10.5. The Balaban J connectivity index is 2.21. The molecule has 0 aliphatic rings. The average Bonchev–Trinajstić information content (AvgIpc) is 2.61. The Kier molecular flexibility index (Phi) is 13.7. The number of nitroso groups, excluding NO2 is 1. The van der Waals surface area contributed by atoms with Gasteiger partial charge in [0.15, 0.2) is 5.75 Å². The number of hydrogen-bond donors (Lipinski definition) is 0. The third-order valence-corrected chi connectivity index (χ3v) is 4.30. The Morgan fingerprint density at radius 2 is 1.56 bits per heavy atom. The molecule has 0 bridgehead atoms. The monoisotopic (exact) mass is 457 g/mol. The van der Waals surface area contributed by atoms with E-state index >= 15 is 0 Å². The summed E-state index contributed by atoms with van der Waals surface area (Å²) >= 11 is 23.5. The maximum atomic E-state index is 9.91.